The Kier molecular flexibility index (Phi) is 20.4. The lowest BCUT2D eigenvalue weighted by molar-refractivity contribution is 0.261. The summed E-state index contributed by atoms with van der Waals surface area (Å²) in [6.45, 7) is 9.96. The number of alkyl halides is 1. The second kappa shape index (κ2) is 21.0. The van der Waals surface area contributed by atoms with Gasteiger partial charge in [0, 0.05) is 23.3 Å². The van der Waals surface area contributed by atoms with Crippen LogP contribution in [0.25, 0.3) is 0 Å². The Hall–Kier alpha value is -1.09. The zero-order chi connectivity index (χ0) is 26.5. The molecule has 0 spiro atoms. The third-order valence-corrected chi connectivity index (χ3v) is 6.76. The van der Waals surface area contributed by atoms with Crippen molar-refractivity contribution in [1.29, 1.82) is 0 Å². The van der Waals surface area contributed by atoms with Crippen LogP contribution < -0.4 is 15.8 Å². The molecule has 1 aromatic carbocycles. The molecular weight excluding hydrogens is 540 g/mol. The number of benzene rings is 1. The highest BCUT2D eigenvalue weighted by Crippen LogP contribution is 2.37. The van der Waals surface area contributed by atoms with E-state index < -0.39 is 0 Å². The molecule has 0 heterocycles. The van der Waals surface area contributed by atoms with Gasteiger partial charge in [0.15, 0.2) is 10.3 Å². The number of anilines is 1. The summed E-state index contributed by atoms with van der Waals surface area (Å²) >= 11 is 10.1. The van der Waals surface area contributed by atoms with E-state index in [0.29, 0.717) is 22.3 Å². The molecule has 8 heteroatoms. The molecule has 0 saturated heterocycles. The van der Waals surface area contributed by atoms with E-state index in [4.69, 9.17) is 22.7 Å². The van der Waals surface area contributed by atoms with Crippen molar-refractivity contribution in [3.63, 3.8) is 0 Å². The van der Waals surface area contributed by atoms with Gasteiger partial charge in [-0.05, 0) is 82.7 Å². The molecule has 1 fully saturated rings. The Balaban J connectivity index is 0.00000146. The van der Waals surface area contributed by atoms with Crippen LogP contribution in [0.1, 0.15) is 66.2 Å². The minimum Gasteiger partial charge on any atom is -0.492 e. The lowest BCUT2D eigenvalue weighted by Gasteiger charge is -2.27. The van der Waals surface area contributed by atoms with E-state index in [1.807, 2.05) is 71.3 Å². The number of hydrogen-bond acceptors (Lipinski definition) is 4. The summed E-state index contributed by atoms with van der Waals surface area (Å²) in [6.07, 6.45) is 11.9. The maximum atomic E-state index is 6.11. The molecule has 0 radical (unpaired) electrons. The third-order valence-electron chi connectivity index (χ3n) is 5.34. The maximum Gasteiger partial charge on any atom is 0.199 e. The first-order chi connectivity index (χ1) is 16.7. The van der Waals surface area contributed by atoms with Crippen molar-refractivity contribution in [2.45, 2.75) is 66.2 Å². The first kappa shape index (κ1) is 33.9. The highest BCUT2D eigenvalue weighted by atomic mass is 79.9. The largest absolute Gasteiger partial charge is 0.492 e. The van der Waals surface area contributed by atoms with Crippen LogP contribution in [-0.2, 0) is 0 Å². The molecule has 0 bridgehead atoms. The van der Waals surface area contributed by atoms with Crippen LogP contribution in [0.2, 0.25) is 0 Å². The Labute approximate surface area is 232 Å². The van der Waals surface area contributed by atoms with Gasteiger partial charge >= 0.3 is 0 Å². The quantitative estimate of drug-likeness (QED) is 0.0851. The van der Waals surface area contributed by atoms with E-state index in [2.05, 4.69) is 38.1 Å². The van der Waals surface area contributed by atoms with Crippen molar-refractivity contribution in [2.75, 3.05) is 43.6 Å². The summed E-state index contributed by atoms with van der Waals surface area (Å²) < 4.78 is 5.70. The number of ether oxygens (including phenoxy) is 1. The highest BCUT2D eigenvalue weighted by Gasteiger charge is 2.25. The zero-order valence-corrected chi connectivity index (χ0v) is 25.8. The van der Waals surface area contributed by atoms with Gasteiger partial charge in [-0.3, -0.25) is 0 Å². The van der Waals surface area contributed by atoms with Crippen molar-refractivity contribution in [1.82, 2.24) is 4.90 Å². The van der Waals surface area contributed by atoms with Crippen molar-refractivity contribution in [2.24, 2.45) is 16.1 Å². The Morgan fingerprint density at radius 2 is 1.71 bits per heavy atom. The smallest absolute Gasteiger partial charge is 0.199 e. The van der Waals surface area contributed by atoms with Gasteiger partial charge in [0.1, 0.15) is 12.4 Å². The number of amidine groups is 1. The topological polar surface area (TPSA) is 62.9 Å². The number of nitrogens with two attached hydrogens (primary N) is 1. The van der Waals surface area contributed by atoms with E-state index in [1.165, 1.54) is 38.5 Å². The maximum absolute atomic E-state index is 6.11. The van der Waals surface area contributed by atoms with Crippen molar-refractivity contribution in [3.05, 3.63) is 36.4 Å². The SMILES string of the molecule is C/C=C\C.CCBr.CN(C)CCOc1ccc(NC(=S)/N=C(\N)SCC2(C)CCCCCC2)cc1. The summed E-state index contributed by atoms with van der Waals surface area (Å²) in [4.78, 5) is 6.43. The molecule has 2 rings (SSSR count). The van der Waals surface area contributed by atoms with E-state index in [9.17, 15) is 0 Å². The van der Waals surface area contributed by atoms with E-state index in [1.54, 1.807) is 11.8 Å². The molecule has 1 aliphatic rings. The van der Waals surface area contributed by atoms with E-state index in [-0.39, 0.29) is 0 Å². The summed E-state index contributed by atoms with van der Waals surface area (Å²) in [6, 6.07) is 7.72. The van der Waals surface area contributed by atoms with Crippen LogP contribution >= 0.6 is 39.9 Å². The summed E-state index contributed by atoms with van der Waals surface area (Å²) in [7, 11) is 4.05. The normalized spacial score (nSPS) is 15.4. The molecule has 35 heavy (non-hydrogen) atoms. The predicted molar refractivity (Wildman–Crippen MR) is 167 cm³/mol. The molecule has 5 nitrogen and oxygen atoms in total. The molecule has 0 aliphatic heterocycles. The first-order valence-corrected chi connectivity index (χ1v) is 15.0. The van der Waals surface area contributed by atoms with Crippen LogP contribution in [0.5, 0.6) is 5.75 Å². The lowest BCUT2D eigenvalue weighted by Crippen LogP contribution is -2.22. The van der Waals surface area contributed by atoms with E-state index >= 15 is 0 Å². The number of thioether (sulfide) groups is 1. The number of hydrogen-bond donors (Lipinski definition) is 2. The van der Waals surface area contributed by atoms with Crippen molar-refractivity contribution >= 4 is 55.9 Å². The fraction of sp³-hybridized carbons (Fsp3) is 0.630. The molecule has 0 unspecified atom stereocenters. The van der Waals surface area contributed by atoms with Gasteiger partial charge in [-0.2, -0.15) is 4.99 Å². The zero-order valence-electron chi connectivity index (χ0n) is 22.6. The monoisotopic (exact) mass is 586 g/mol. The van der Waals surface area contributed by atoms with Gasteiger partial charge in [0.25, 0.3) is 0 Å². The number of likely N-dealkylation sites (N-methyl/N-ethyl adjacent to an activating group) is 1. The third kappa shape index (κ3) is 18.8. The van der Waals surface area contributed by atoms with Crippen LogP contribution in [-0.4, -0.2) is 53.5 Å². The number of rotatable bonds is 7. The molecular formula is C27H47BrN4OS2. The first-order valence-electron chi connectivity index (χ1n) is 12.5. The number of halogens is 1. The second-order valence-corrected chi connectivity index (χ2v) is 11.5. The molecule has 200 valence electrons. The summed E-state index contributed by atoms with van der Waals surface area (Å²) in [5, 5.41) is 5.10. The Morgan fingerprint density at radius 1 is 1.17 bits per heavy atom. The fourth-order valence-electron chi connectivity index (χ4n) is 3.24. The molecule has 0 atom stereocenters. The van der Waals surface area contributed by atoms with Gasteiger partial charge < -0.3 is 20.7 Å². The van der Waals surface area contributed by atoms with Gasteiger partial charge in [0.2, 0.25) is 0 Å². The molecule has 1 saturated carbocycles. The lowest BCUT2D eigenvalue weighted by atomic mass is 9.85. The van der Waals surface area contributed by atoms with Gasteiger partial charge in [-0.15, -0.1) is 0 Å². The van der Waals surface area contributed by atoms with Crippen molar-refractivity contribution in [3.8, 4) is 5.75 Å². The fourth-order valence-corrected chi connectivity index (χ4v) is 4.45. The predicted octanol–water partition coefficient (Wildman–Crippen LogP) is 7.72. The van der Waals surface area contributed by atoms with Gasteiger partial charge in [-0.1, -0.05) is 79.4 Å². The average Bonchev–Trinajstić information content (AvgIpc) is 3.04. The molecule has 1 aliphatic carbocycles. The molecule has 0 aromatic heterocycles. The number of nitrogens with zero attached hydrogens (tertiary/aromatic N) is 2. The number of allylic oxidation sites excluding steroid dienone is 2. The van der Waals surface area contributed by atoms with Crippen LogP contribution in [0.3, 0.4) is 0 Å². The minimum absolute atomic E-state index is 0.360. The van der Waals surface area contributed by atoms with Crippen LogP contribution in [0, 0.1) is 5.41 Å². The summed E-state index contributed by atoms with van der Waals surface area (Å²) in [5.41, 5.74) is 7.35. The standard InChI is InChI=1S/C21H34N4OS2.C4H8.C2H5Br/c1-21(12-6-4-5-7-13-21)16-28-19(22)24-20(27)23-17-8-10-18(11-9-17)26-15-14-25(2)3;1-3-4-2;1-2-3/h8-11H,4-7,12-16H2,1-3H3,(H3,22,23,24,27);3-4H,1-2H3;2H2,1H3/b;4-3-;. The average molecular weight is 588 g/mol. The second-order valence-electron chi connectivity index (χ2n) is 9.00. The number of nitrogens with one attached hydrogen (secondary N) is 1. The van der Waals surface area contributed by atoms with Gasteiger partial charge in [-0.25, -0.2) is 0 Å². The minimum atomic E-state index is 0.360. The molecule has 0 amide bonds. The molecule has 1 aromatic rings. The summed E-state index contributed by atoms with van der Waals surface area (Å²) in [5.74, 6) is 1.85. The Morgan fingerprint density at radius 3 is 2.20 bits per heavy atom. The number of aliphatic imine (C=N–C) groups is 1. The van der Waals surface area contributed by atoms with Crippen LogP contribution in [0.4, 0.5) is 5.69 Å². The van der Waals surface area contributed by atoms with Crippen LogP contribution in [0.15, 0.2) is 41.4 Å². The van der Waals surface area contributed by atoms with Gasteiger partial charge in [0.05, 0.1) is 0 Å². The van der Waals surface area contributed by atoms with E-state index in [0.717, 1.165) is 29.1 Å². The Bertz CT molecular complexity index is 727. The molecule has 3 N–H and O–H groups in total. The number of thiocarbonyl (C=S) groups is 1. The highest BCUT2D eigenvalue weighted by molar-refractivity contribution is 9.09. The van der Waals surface area contributed by atoms with Crippen molar-refractivity contribution < 1.29 is 4.74 Å².